The first-order valence-electron chi connectivity index (χ1n) is 36.1. The second kappa shape index (κ2) is 63.1. The fourth-order valence-corrected chi connectivity index (χ4v) is 11.4. The van der Waals surface area contributed by atoms with Crippen LogP contribution in [0.3, 0.4) is 0 Å². The molecule has 0 saturated heterocycles. The van der Waals surface area contributed by atoms with E-state index in [0.29, 0.717) is 31.6 Å². The quantitative estimate of drug-likeness (QED) is 0.0169. The summed E-state index contributed by atoms with van der Waals surface area (Å²) in [5.74, 6) is -0.772. The molecule has 0 aliphatic carbocycles. The smallest absolute Gasteiger partial charge is 0.462 e. The van der Waals surface area contributed by atoms with Crippen molar-refractivity contribution in [1.82, 2.24) is 0 Å². The molecule has 0 saturated carbocycles. The van der Waals surface area contributed by atoms with Crippen molar-refractivity contribution in [3.8, 4) is 0 Å². The molecule has 17 nitrogen and oxygen atoms in total. The van der Waals surface area contributed by atoms with Gasteiger partial charge in [-0.1, -0.05) is 264 Å². The standard InChI is InChI=1S/C72H132O17P2/c1-7-9-11-13-15-17-19-21-23-25-27-31-36-44-50-56-71(76)88-67(60-82-69(74)54-48-42-35-33-29-30-34-40-46-52-64(3)4)62-86-90(78,79)84-58-66(73)59-85-91(80,81)87-63-68(61-83-70(75)55-49-43-39-38-41-47-53-65(5)6)89-72(77)57-51-45-37-32-28-26-24-22-20-18-16-14-12-10-8-2/h17-24,64-68,73H,7-16,25-63H2,1-6H3,(H,78,79)(H,80,81)/b19-17-,20-18-,23-21-,24-22-/t66-,67-,68-/m1/s1. The summed E-state index contributed by atoms with van der Waals surface area (Å²) in [5.41, 5.74) is 0. The molecular formula is C72H132O17P2. The van der Waals surface area contributed by atoms with Gasteiger partial charge < -0.3 is 33.8 Å². The average Bonchev–Trinajstić information content (AvgIpc) is 3.66. The highest BCUT2D eigenvalue weighted by atomic mass is 31.2. The third-order valence-electron chi connectivity index (χ3n) is 15.5. The number of phosphoric ester groups is 2. The Labute approximate surface area is 553 Å². The number of ether oxygens (including phenoxy) is 4. The fraction of sp³-hybridized carbons (Fsp3) is 0.833. The van der Waals surface area contributed by atoms with Crippen LogP contribution in [0.2, 0.25) is 0 Å². The van der Waals surface area contributed by atoms with Crippen LogP contribution in [0.4, 0.5) is 0 Å². The van der Waals surface area contributed by atoms with Gasteiger partial charge in [0.15, 0.2) is 12.2 Å². The lowest BCUT2D eigenvalue weighted by atomic mass is 10.0. The Morgan fingerprint density at radius 1 is 0.341 bits per heavy atom. The number of esters is 4. The monoisotopic (exact) mass is 1330 g/mol. The zero-order chi connectivity index (χ0) is 67.2. The zero-order valence-corrected chi connectivity index (χ0v) is 59.9. The van der Waals surface area contributed by atoms with Gasteiger partial charge in [0.2, 0.25) is 0 Å². The van der Waals surface area contributed by atoms with Crippen LogP contribution < -0.4 is 0 Å². The van der Waals surface area contributed by atoms with Gasteiger partial charge in [0.1, 0.15) is 19.3 Å². The van der Waals surface area contributed by atoms with Gasteiger partial charge in [0.05, 0.1) is 26.4 Å². The number of unbranched alkanes of at least 4 members (excludes halogenated alkanes) is 31. The lowest BCUT2D eigenvalue weighted by Crippen LogP contribution is -2.30. The number of carbonyl (C=O) groups excluding carboxylic acids is 4. The molecule has 0 aromatic rings. The Bertz CT molecular complexity index is 1960. The zero-order valence-electron chi connectivity index (χ0n) is 58.1. The van der Waals surface area contributed by atoms with Gasteiger partial charge in [-0.25, -0.2) is 9.13 Å². The van der Waals surface area contributed by atoms with Gasteiger partial charge in [-0.2, -0.15) is 0 Å². The second-order valence-corrected chi connectivity index (χ2v) is 28.5. The SMILES string of the molecule is CCCCCC/C=C\C=C/CCCCCCCC(=O)O[C@H](COC(=O)CCCCCCCCCCCC(C)C)COP(=O)(O)OC[C@@H](O)COP(=O)(O)OC[C@@H](COC(=O)CCCCCCCCC(C)C)OC(=O)CCCCCCC/C=C\C=C/CCCCCC. The topological polar surface area (TPSA) is 237 Å². The van der Waals surface area contributed by atoms with Crippen molar-refractivity contribution in [2.75, 3.05) is 39.6 Å². The minimum atomic E-state index is -4.97. The largest absolute Gasteiger partial charge is 0.472 e. The van der Waals surface area contributed by atoms with Gasteiger partial charge in [-0.15, -0.1) is 0 Å². The van der Waals surface area contributed by atoms with E-state index in [2.05, 4.69) is 90.2 Å². The highest BCUT2D eigenvalue weighted by Gasteiger charge is 2.30. The van der Waals surface area contributed by atoms with Crippen molar-refractivity contribution in [3.05, 3.63) is 48.6 Å². The fourth-order valence-electron chi connectivity index (χ4n) is 9.87. The van der Waals surface area contributed by atoms with Gasteiger partial charge in [0, 0.05) is 25.7 Å². The van der Waals surface area contributed by atoms with E-state index in [1.807, 2.05) is 0 Å². The Kier molecular flexibility index (Phi) is 61.0. The average molecular weight is 1330 g/mol. The molecule has 2 unspecified atom stereocenters. The van der Waals surface area contributed by atoms with Crippen molar-refractivity contribution in [3.63, 3.8) is 0 Å². The van der Waals surface area contributed by atoms with Crippen molar-refractivity contribution >= 4 is 39.5 Å². The molecule has 0 fully saturated rings. The third kappa shape index (κ3) is 65.5. The highest BCUT2D eigenvalue weighted by molar-refractivity contribution is 7.47. The predicted octanol–water partition coefficient (Wildman–Crippen LogP) is 19.9. The van der Waals surface area contributed by atoms with E-state index >= 15 is 0 Å². The highest BCUT2D eigenvalue weighted by Crippen LogP contribution is 2.45. The summed E-state index contributed by atoms with van der Waals surface area (Å²) in [6.07, 6.45) is 54.5. The first-order chi connectivity index (χ1) is 43.9. The molecule has 0 aliphatic heterocycles. The van der Waals surface area contributed by atoms with Crippen LogP contribution in [0.25, 0.3) is 0 Å². The Hall–Kier alpha value is -2.98. The van der Waals surface area contributed by atoms with E-state index in [4.69, 9.17) is 37.0 Å². The summed E-state index contributed by atoms with van der Waals surface area (Å²) in [5, 5.41) is 10.6. The van der Waals surface area contributed by atoms with Gasteiger partial charge >= 0.3 is 39.5 Å². The molecule has 91 heavy (non-hydrogen) atoms. The molecule has 0 aromatic carbocycles. The van der Waals surface area contributed by atoms with Gasteiger partial charge in [-0.3, -0.25) is 37.3 Å². The van der Waals surface area contributed by atoms with E-state index in [1.165, 1.54) is 103 Å². The van der Waals surface area contributed by atoms with Crippen LogP contribution >= 0.6 is 15.6 Å². The summed E-state index contributed by atoms with van der Waals surface area (Å²) >= 11 is 0. The van der Waals surface area contributed by atoms with E-state index in [9.17, 15) is 43.2 Å². The molecule has 19 heteroatoms. The van der Waals surface area contributed by atoms with Crippen molar-refractivity contribution in [2.24, 2.45) is 11.8 Å². The number of phosphoric acid groups is 2. The molecule has 0 amide bonds. The van der Waals surface area contributed by atoms with Crippen LogP contribution in [-0.4, -0.2) is 96.7 Å². The minimum Gasteiger partial charge on any atom is -0.462 e. The Morgan fingerprint density at radius 2 is 0.593 bits per heavy atom. The van der Waals surface area contributed by atoms with E-state index in [0.717, 1.165) is 128 Å². The van der Waals surface area contributed by atoms with E-state index in [1.54, 1.807) is 0 Å². The molecular weight excluding hydrogens is 1200 g/mol. The molecule has 0 aliphatic rings. The molecule has 3 N–H and O–H groups in total. The number of hydrogen-bond donors (Lipinski definition) is 3. The number of aliphatic hydroxyl groups excluding tert-OH is 1. The van der Waals surface area contributed by atoms with E-state index < -0.39 is 97.5 Å². The van der Waals surface area contributed by atoms with Crippen LogP contribution in [0.15, 0.2) is 48.6 Å². The lowest BCUT2D eigenvalue weighted by Gasteiger charge is -2.21. The van der Waals surface area contributed by atoms with Crippen LogP contribution in [0, 0.1) is 11.8 Å². The molecule has 0 spiro atoms. The first kappa shape index (κ1) is 88.0. The molecule has 0 aromatic heterocycles. The maximum absolute atomic E-state index is 13.0. The Morgan fingerprint density at radius 3 is 0.890 bits per heavy atom. The maximum Gasteiger partial charge on any atom is 0.472 e. The minimum absolute atomic E-state index is 0.0812. The molecule has 0 bridgehead atoms. The molecule has 0 rings (SSSR count). The van der Waals surface area contributed by atoms with Gasteiger partial charge in [0.25, 0.3) is 0 Å². The lowest BCUT2D eigenvalue weighted by molar-refractivity contribution is -0.161. The summed E-state index contributed by atoms with van der Waals surface area (Å²) < 4.78 is 68.2. The number of allylic oxidation sites excluding steroid dienone is 8. The van der Waals surface area contributed by atoms with Crippen molar-refractivity contribution < 1.29 is 80.2 Å². The van der Waals surface area contributed by atoms with Crippen LogP contribution in [0.1, 0.15) is 318 Å². The van der Waals surface area contributed by atoms with E-state index in [-0.39, 0.29) is 25.7 Å². The molecule has 532 valence electrons. The second-order valence-electron chi connectivity index (χ2n) is 25.6. The number of rotatable bonds is 67. The van der Waals surface area contributed by atoms with Crippen molar-refractivity contribution in [2.45, 2.75) is 336 Å². The summed E-state index contributed by atoms with van der Waals surface area (Å²) in [6, 6.07) is 0. The number of carbonyl (C=O) groups is 4. The molecule has 0 radical (unpaired) electrons. The maximum atomic E-state index is 13.0. The first-order valence-corrected chi connectivity index (χ1v) is 39.1. The Balaban J connectivity index is 5.31. The molecule has 0 heterocycles. The third-order valence-corrected chi connectivity index (χ3v) is 17.4. The normalized spacial score (nSPS) is 14.5. The predicted molar refractivity (Wildman–Crippen MR) is 367 cm³/mol. The van der Waals surface area contributed by atoms with Crippen LogP contribution in [-0.2, 0) is 65.4 Å². The van der Waals surface area contributed by atoms with Crippen molar-refractivity contribution in [1.29, 1.82) is 0 Å². The summed E-state index contributed by atoms with van der Waals surface area (Å²) in [4.78, 5) is 72.5. The van der Waals surface area contributed by atoms with Crippen LogP contribution in [0.5, 0.6) is 0 Å². The number of aliphatic hydroxyl groups is 1. The summed E-state index contributed by atoms with van der Waals surface area (Å²) in [7, 11) is -9.93. The van der Waals surface area contributed by atoms with Gasteiger partial charge in [-0.05, 0) is 88.9 Å². The molecule has 5 atom stereocenters. The number of hydrogen-bond acceptors (Lipinski definition) is 15. The summed E-state index contributed by atoms with van der Waals surface area (Å²) in [6.45, 7) is 9.31.